The average molecular weight is 406 g/mol. The maximum absolute atomic E-state index is 12.7. The van der Waals surface area contributed by atoms with E-state index < -0.39 is 30.2 Å². The monoisotopic (exact) mass is 405 g/mol. The lowest BCUT2D eigenvalue weighted by Gasteiger charge is -2.11. The second-order valence-electron chi connectivity index (χ2n) is 5.33. The maximum Gasteiger partial charge on any atom is 0.416 e. The zero-order valence-electron chi connectivity index (χ0n) is 13.4. The summed E-state index contributed by atoms with van der Waals surface area (Å²) < 4.78 is 42.9. The Morgan fingerprint density at radius 3 is 2.65 bits per heavy atom. The number of hydrogen-bond acceptors (Lipinski definition) is 4. The number of alkyl halides is 3. The van der Waals surface area contributed by atoms with Gasteiger partial charge in [0.05, 0.1) is 16.3 Å². The lowest BCUT2D eigenvalue weighted by Crippen LogP contribution is -2.21. The summed E-state index contributed by atoms with van der Waals surface area (Å²) in [6.45, 7) is -0.593. The van der Waals surface area contributed by atoms with Gasteiger partial charge in [-0.3, -0.25) is 9.59 Å². The largest absolute Gasteiger partial charge is 0.456 e. The standard InChI is InChI=1S/C17H15ClF3NO3S/c18-13-7-6-11(17(19,20)21)9-14(13)22-15(23)10-25-16(24)5-1-3-12-4-2-8-26-12/h2,4,6-9H,1,3,5,10H2,(H,22,23). The lowest BCUT2D eigenvalue weighted by atomic mass is 10.2. The van der Waals surface area contributed by atoms with Crippen molar-refractivity contribution in [2.75, 3.05) is 11.9 Å². The summed E-state index contributed by atoms with van der Waals surface area (Å²) in [5.41, 5.74) is -1.14. The SMILES string of the molecule is O=C(COC(=O)CCCc1cccs1)Nc1cc(C(F)(F)F)ccc1Cl. The third-order valence-corrected chi connectivity index (χ3v) is 4.58. The zero-order chi connectivity index (χ0) is 19.2. The molecular formula is C17H15ClF3NO3S. The number of esters is 1. The van der Waals surface area contributed by atoms with E-state index in [9.17, 15) is 22.8 Å². The minimum atomic E-state index is -4.56. The Kier molecular flexibility index (Phi) is 7.05. The van der Waals surface area contributed by atoms with Crippen molar-refractivity contribution in [3.05, 3.63) is 51.2 Å². The van der Waals surface area contributed by atoms with Gasteiger partial charge in [-0.25, -0.2) is 0 Å². The van der Waals surface area contributed by atoms with E-state index >= 15 is 0 Å². The van der Waals surface area contributed by atoms with E-state index in [0.29, 0.717) is 6.42 Å². The number of carbonyl (C=O) groups is 2. The Morgan fingerprint density at radius 1 is 1.23 bits per heavy atom. The van der Waals surface area contributed by atoms with Gasteiger partial charge in [-0.15, -0.1) is 11.3 Å². The number of ether oxygens (including phenoxy) is 1. The molecule has 2 aromatic rings. The fraction of sp³-hybridized carbons (Fsp3) is 0.294. The Hall–Kier alpha value is -2.06. The topological polar surface area (TPSA) is 55.4 Å². The van der Waals surface area contributed by atoms with Crippen molar-refractivity contribution in [2.24, 2.45) is 0 Å². The molecule has 0 saturated heterocycles. The van der Waals surface area contributed by atoms with E-state index in [1.54, 1.807) is 11.3 Å². The van der Waals surface area contributed by atoms with Crippen LogP contribution in [0, 0.1) is 0 Å². The van der Waals surface area contributed by atoms with Crippen molar-refractivity contribution in [3.63, 3.8) is 0 Å². The van der Waals surface area contributed by atoms with Crippen LogP contribution in [0.15, 0.2) is 35.7 Å². The van der Waals surface area contributed by atoms with Crippen molar-refractivity contribution < 1.29 is 27.5 Å². The van der Waals surface area contributed by atoms with Crippen LogP contribution in [0.3, 0.4) is 0 Å². The molecule has 0 bridgehead atoms. The highest BCUT2D eigenvalue weighted by Crippen LogP contribution is 2.33. The van der Waals surface area contributed by atoms with Gasteiger partial charge in [0.1, 0.15) is 0 Å². The molecule has 4 nitrogen and oxygen atoms in total. The molecule has 26 heavy (non-hydrogen) atoms. The molecule has 0 aliphatic carbocycles. The number of hydrogen-bond donors (Lipinski definition) is 1. The summed E-state index contributed by atoms with van der Waals surface area (Å²) >= 11 is 7.37. The Morgan fingerprint density at radius 2 is 2.00 bits per heavy atom. The number of nitrogens with one attached hydrogen (secondary N) is 1. The van der Waals surface area contributed by atoms with Gasteiger partial charge in [-0.1, -0.05) is 17.7 Å². The fourth-order valence-corrected chi connectivity index (χ4v) is 2.98. The Balaban J connectivity index is 1.78. The summed E-state index contributed by atoms with van der Waals surface area (Å²) in [5, 5.41) is 4.10. The molecule has 1 aromatic heterocycles. The second kappa shape index (κ2) is 9.05. The number of amides is 1. The molecule has 0 unspecified atom stereocenters. The van der Waals surface area contributed by atoms with Crippen molar-refractivity contribution in [1.82, 2.24) is 0 Å². The van der Waals surface area contributed by atoms with Crippen LogP contribution in [0.25, 0.3) is 0 Å². The van der Waals surface area contributed by atoms with Crippen molar-refractivity contribution >= 4 is 40.5 Å². The van der Waals surface area contributed by atoms with Crippen LogP contribution in [0.1, 0.15) is 23.3 Å². The highest BCUT2D eigenvalue weighted by molar-refractivity contribution is 7.09. The van der Waals surface area contributed by atoms with Crippen molar-refractivity contribution in [2.45, 2.75) is 25.4 Å². The van der Waals surface area contributed by atoms with Gasteiger partial charge in [-0.2, -0.15) is 13.2 Å². The predicted octanol–water partition coefficient (Wildman–Crippen LogP) is 4.92. The molecule has 0 aliphatic rings. The van der Waals surface area contributed by atoms with Gasteiger partial charge in [0.15, 0.2) is 6.61 Å². The summed E-state index contributed by atoms with van der Waals surface area (Å²) in [4.78, 5) is 24.5. The van der Waals surface area contributed by atoms with E-state index in [4.69, 9.17) is 16.3 Å². The molecule has 1 N–H and O–H groups in total. The number of carbonyl (C=O) groups excluding carboxylic acids is 2. The number of benzene rings is 1. The van der Waals surface area contributed by atoms with Crippen LogP contribution in [0.5, 0.6) is 0 Å². The first-order chi connectivity index (χ1) is 12.3. The van der Waals surface area contributed by atoms with Gasteiger partial charge in [0, 0.05) is 11.3 Å². The van der Waals surface area contributed by atoms with E-state index in [-0.39, 0.29) is 17.1 Å². The first-order valence-corrected chi connectivity index (χ1v) is 8.86. The Bertz CT molecular complexity index is 763. The number of rotatable bonds is 7. The molecule has 0 radical (unpaired) electrons. The predicted molar refractivity (Wildman–Crippen MR) is 93.3 cm³/mol. The van der Waals surface area contributed by atoms with Gasteiger partial charge in [0.2, 0.25) is 0 Å². The first kappa shape index (κ1) is 20.3. The smallest absolute Gasteiger partial charge is 0.416 e. The molecule has 0 aliphatic heterocycles. The zero-order valence-corrected chi connectivity index (χ0v) is 15.0. The number of aryl methyl sites for hydroxylation is 1. The molecule has 0 spiro atoms. The third-order valence-electron chi connectivity index (χ3n) is 3.32. The minimum Gasteiger partial charge on any atom is -0.456 e. The molecule has 140 valence electrons. The average Bonchev–Trinajstić information content (AvgIpc) is 3.07. The molecule has 1 aromatic carbocycles. The first-order valence-electron chi connectivity index (χ1n) is 7.60. The summed E-state index contributed by atoms with van der Waals surface area (Å²) in [7, 11) is 0. The van der Waals surface area contributed by atoms with Gasteiger partial charge in [-0.05, 0) is 42.5 Å². The molecule has 0 saturated carbocycles. The fourth-order valence-electron chi connectivity index (χ4n) is 2.06. The van der Waals surface area contributed by atoms with Gasteiger partial charge in [0.25, 0.3) is 5.91 Å². The molecule has 0 fully saturated rings. The minimum absolute atomic E-state index is 0.0476. The molecular weight excluding hydrogens is 391 g/mol. The third kappa shape index (κ3) is 6.34. The quantitative estimate of drug-likeness (QED) is 0.665. The maximum atomic E-state index is 12.7. The van der Waals surface area contributed by atoms with E-state index in [0.717, 1.165) is 29.5 Å². The van der Waals surface area contributed by atoms with Crippen LogP contribution in [0.4, 0.5) is 18.9 Å². The normalized spacial score (nSPS) is 11.2. The number of anilines is 1. The summed E-state index contributed by atoms with van der Waals surface area (Å²) in [5.74, 6) is -1.32. The Labute approximate surface area is 156 Å². The van der Waals surface area contributed by atoms with Crippen LogP contribution >= 0.6 is 22.9 Å². The summed E-state index contributed by atoms with van der Waals surface area (Å²) in [6.07, 6.45) is -3.09. The van der Waals surface area contributed by atoms with Crippen LogP contribution in [-0.4, -0.2) is 18.5 Å². The van der Waals surface area contributed by atoms with E-state index in [1.807, 2.05) is 17.5 Å². The highest BCUT2D eigenvalue weighted by Gasteiger charge is 2.31. The van der Waals surface area contributed by atoms with Crippen molar-refractivity contribution in [1.29, 1.82) is 0 Å². The van der Waals surface area contributed by atoms with Crippen LogP contribution in [-0.2, 0) is 26.9 Å². The lowest BCUT2D eigenvalue weighted by molar-refractivity contribution is -0.147. The van der Waals surface area contributed by atoms with Gasteiger partial charge < -0.3 is 10.1 Å². The second-order valence-corrected chi connectivity index (χ2v) is 6.77. The van der Waals surface area contributed by atoms with Crippen molar-refractivity contribution in [3.8, 4) is 0 Å². The van der Waals surface area contributed by atoms with Gasteiger partial charge >= 0.3 is 12.1 Å². The number of thiophene rings is 1. The molecule has 1 amide bonds. The molecule has 9 heteroatoms. The van der Waals surface area contributed by atoms with E-state index in [1.165, 1.54) is 0 Å². The van der Waals surface area contributed by atoms with E-state index in [2.05, 4.69) is 5.32 Å². The van der Waals surface area contributed by atoms with Crippen LogP contribution < -0.4 is 5.32 Å². The molecule has 2 rings (SSSR count). The molecule has 1 heterocycles. The summed E-state index contributed by atoms with van der Waals surface area (Å²) in [6, 6.07) is 6.45. The molecule has 0 atom stereocenters. The number of halogens is 4. The van der Waals surface area contributed by atoms with Crippen LogP contribution in [0.2, 0.25) is 5.02 Å². The highest BCUT2D eigenvalue weighted by atomic mass is 35.5.